The molecule has 0 spiro atoms. The number of nitrogens with zero attached hydrogens (tertiary/aromatic N) is 4. The fraction of sp³-hybridized carbons (Fsp3) is 0.586. The SMILES string of the molecule is CCOCC1COCCN(Cc2cccc(C(=O)O)n2)CCOCCOCCN(Cc2cccc(C(=O)O)n2)CCO1. The molecule has 1 aliphatic rings. The third-order valence-electron chi connectivity index (χ3n) is 6.42. The lowest BCUT2D eigenvalue weighted by Gasteiger charge is -2.25. The highest BCUT2D eigenvalue weighted by molar-refractivity contribution is 5.85. The maximum absolute atomic E-state index is 11.3. The average molecular weight is 591 g/mol. The van der Waals surface area contributed by atoms with E-state index < -0.39 is 11.9 Å². The first-order valence-electron chi connectivity index (χ1n) is 14.2. The van der Waals surface area contributed by atoms with E-state index in [1.807, 2.05) is 13.0 Å². The van der Waals surface area contributed by atoms with Gasteiger partial charge in [-0.15, -0.1) is 0 Å². The van der Waals surface area contributed by atoms with Crippen LogP contribution < -0.4 is 0 Å². The zero-order valence-electron chi connectivity index (χ0n) is 24.2. The Balaban J connectivity index is 1.59. The highest BCUT2D eigenvalue weighted by atomic mass is 16.6. The molecule has 1 unspecified atom stereocenters. The number of hydrogen-bond donors (Lipinski definition) is 2. The highest BCUT2D eigenvalue weighted by Gasteiger charge is 2.15. The van der Waals surface area contributed by atoms with Crippen LogP contribution in [0.25, 0.3) is 0 Å². The highest BCUT2D eigenvalue weighted by Crippen LogP contribution is 2.07. The number of aromatic nitrogens is 2. The molecule has 0 aromatic carbocycles. The number of carbonyl (C=O) groups is 2. The van der Waals surface area contributed by atoms with Crippen LogP contribution in [0.15, 0.2) is 36.4 Å². The molecule has 2 aromatic rings. The van der Waals surface area contributed by atoms with E-state index in [0.29, 0.717) is 110 Å². The fourth-order valence-corrected chi connectivity index (χ4v) is 4.23. The smallest absolute Gasteiger partial charge is 0.354 e. The van der Waals surface area contributed by atoms with Crippen molar-refractivity contribution in [2.45, 2.75) is 26.1 Å². The van der Waals surface area contributed by atoms with Gasteiger partial charge in [0.05, 0.1) is 64.2 Å². The summed E-state index contributed by atoms with van der Waals surface area (Å²) >= 11 is 0. The Bertz CT molecular complexity index is 1090. The minimum Gasteiger partial charge on any atom is -0.477 e. The van der Waals surface area contributed by atoms with Crippen molar-refractivity contribution in [2.75, 3.05) is 85.6 Å². The topological polar surface area (TPSA) is 153 Å². The summed E-state index contributed by atoms with van der Waals surface area (Å²) in [6.45, 7) is 9.18. The second kappa shape index (κ2) is 19.2. The molecule has 13 nitrogen and oxygen atoms in total. The minimum atomic E-state index is -1.06. The van der Waals surface area contributed by atoms with Crippen molar-refractivity contribution in [2.24, 2.45) is 0 Å². The lowest BCUT2D eigenvalue weighted by molar-refractivity contribution is -0.0668. The largest absolute Gasteiger partial charge is 0.477 e. The Morgan fingerprint density at radius 1 is 0.786 bits per heavy atom. The molecule has 2 aromatic heterocycles. The van der Waals surface area contributed by atoms with Gasteiger partial charge in [-0.2, -0.15) is 0 Å². The molecule has 0 saturated carbocycles. The number of carboxylic acids is 2. The number of aromatic carboxylic acids is 2. The summed E-state index contributed by atoms with van der Waals surface area (Å²) in [5.41, 5.74) is 1.34. The van der Waals surface area contributed by atoms with E-state index in [9.17, 15) is 19.8 Å². The molecule has 0 radical (unpaired) electrons. The fourth-order valence-electron chi connectivity index (χ4n) is 4.23. The van der Waals surface area contributed by atoms with Gasteiger partial charge in [-0.25, -0.2) is 19.6 Å². The molecular formula is C29H42N4O9. The van der Waals surface area contributed by atoms with Gasteiger partial charge >= 0.3 is 11.9 Å². The molecule has 1 atom stereocenters. The van der Waals surface area contributed by atoms with E-state index in [1.54, 1.807) is 18.2 Å². The van der Waals surface area contributed by atoms with Crippen LogP contribution in [0.2, 0.25) is 0 Å². The van der Waals surface area contributed by atoms with Crippen molar-refractivity contribution in [3.05, 3.63) is 59.2 Å². The van der Waals surface area contributed by atoms with Crippen molar-refractivity contribution in [3.8, 4) is 0 Å². The van der Waals surface area contributed by atoms with Crippen molar-refractivity contribution in [3.63, 3.8) is 0 Å². The monoisotopic (exact) mass is 590 g/mol. The van der Waals surface area contributed by atoms with Crippen molar-refractivity contribution < 1.29 is 43.5 Å². The molecule has 1 fully saturated rings. The molecule has 0 aliphatic carbocycles. The first-order valence-corrected chi connectivity index (χ1v) is 14.2. The van der Waals surface area contributed by atoms with E-state index in [1.165, 1.54) is 12.1 Å². The molecule has 42 heavy (non-hydrogen) atoms. The molecule has 232 valence electrons. The van der Waals surface area contributed by atoms with E-state index in [2.05, 4.69) is 19.8 Å². The van der Waals surface area contributed by atoms with Gasteiger partial charge in [0.25, 0.3) is 0 Å². The molecule has 0 bridgehead atoms. The molecular weight excluding hydrogens is 548 g/mol. The zero-order valence-corrected chi connectivity index (χ0v) is 24.2. The molecule has 13 heteroatoms. The second-order valence-electron chi connectivity index (χ2n) is 9.64. The predicted molar refractivity (Wildman–Crippen MR) is 152 cm³/mol. The molecule has 2 N–H and O–H groups in total. The van der Waals surface area contributed by atoms with E-state index in [-0.39, 0.29) is 17.5 Å². The summed E-state index contributed by atoms with van der Waals surface area (Å²) < 4.78 is 29.3. The zero-order chi connectivity index (χ0) is 30.0. The maximum atomic E-state index is 11.3. The van der Waals surface area contributed by atoms with Gasteiger partial charge in [0.1, 0.15) is 17.5 Å². The van der Waals surface area contributed by atoms with Crippen LogP contribution in [-0.4, -0.2) is 134 Å². The number of carboxylic acid groups (broad SMARTS) is 2. The molecule has 3 heterocycles. The van der Waals surface area contributed by atoms with Crippen LogP contribution >= 0.6 is 0 Å². The Morgan fingerprint density at radius 2 is 1.29 bits per heavy atom. The van der Waals surface area contributed by atoms with E-state index >= 15 is 0 Å². The third kappa shape index (κ3) is 12.9. The summed E-state index contributed by atoms with van der Waals surface area (Å²) in [5, 5.41) is 18.6. The molecule has 1 saturated heterocycles. The summed E-state index contributed by atoms with van der Waals surface area (Å²) in [4.78, 5) is 35.4. The van der Waals surface area contributed by atoms with E-state index in [4.69, 9.17) is 23.7 Å². The van der Waals surface area contributed by atoms with Crippen molar-refractivity contribution >= 4 is 11.9 Å². The maximum Gasteiger partial charge on any atom is 0.354 e. The van der Waals surface area contributed by atoms with Gasteiger partial charge in [-0.3, -0.25) is 9.80 Å². The molecule has 0 amide bonds. The van der Waals surface area contributed by atoms with Gasteiger partial charge in [-0.1, -0.05) is 12.1 Å². The van der Waals surface area contributed by atoms with Crippen LogP contribution in [0, 0.1) is 0 Å². The molecule has 3 rings (SSSR count). The van der Waals surface area contributed by atoms with Gasteiger partial charge in [0.15, 0.2) is 0 Å². The quantitative estimate of drug-likeness (QED) is 0.436. The van der Waals surface area contributed by atoms with Crippen molar-refractivity contribution in [1.82, 2.24) is 19.8 Å². The minimum absolute atomic E-state index is 0.0103. The Kier molecular flexibility index (Phi) is 15.3. The Morgan fingerprint density at radius 3 is 1.79 bits per heavy atom. The first-order chi connectivity index (χ1) is 20.4. The first kappa shape index (κ1) is 33.5. The normalized spacial score (nSPS) is 19.5. The summed E-state index contributed by atoms with van der Waals surface area (Å²) in [7, 11) is 0. The second-order valence-corrected chi connectivity index (χ2v) is 9.64. The number of pyridine rings is 2. The van der Waals surface area contributed by atoms with Crippen LogP contribution in [0.1, 0.15) is 39.3 Å². The lowest BCUT2D eigenvalue weighted by Crippen LogP contribution is -2.35. The van der Waals surface area contributed by atoms with Crippen LogP contribution in [0.3, 0.4) is 0 Å². The van der Waals surface area contributed by atoms with Gasteiger partial charge in [-0.05, 0) is 31.2 Å². The summed E-state index contributed by atoms with van der Waals surface area (Å²) in [6, 6.07) is 9.95. The molecule has 1 aliphatic heterocycles. The van der Waals surface area contributed by atoms with Gasteiger partial charge in [0, 0.05) is 45.9 Å². The number of rotatable bonds is 9. The van der Waals surface area contributed by atoms with Crippen LogP contribution in [0.5, 0.6) is 0 Å². The van der Waals surface area contributed by atoms with Crippen LogP contribution in [0.4, 0.5) is 0 Å². The average Bonchev–Trinajstić information content (AvgIpc) is 2.98. The van der Waals surface area contributed by atoms with Crippen LogP contribution in [-0.2, 0) is 36.8 Å². The van der Waals surface area contributed by atoms with Crippen molar-refractivity contribution in [1.29, 1.82) is 0 Å². The van der Waals surface area contributed by atoms with Gasteiger partial charge < -0.3 is 33.9 Å². The third-order valence-corrected chi connectivity index (χ3v) is 6.42. The number of ether oxygens (including phenoxy) is 5. The standard InChI is InChI=1S/C29H42N4O9/c1-2-38-21-25-22-41-15-11-32(19-23-5-3-7-26(30-23)28(34)35)9-13-39-17-18-40-14-10-33(12-16-42-25)20-24-6-4-8-27(31-24)29(36)37/h3-8,25H,2,9-22H2,1H3,(H,34,35)(H,36,37). The number of hydrogen-bond acceptors (Lipinski definition) is 11. The Hall–Kier alpha value is -3.04. The lowest BCUT2D eigenvalue weighted by atomic mass is 10.3. The Labute approximate surface area is 246 Å². The summed E-state index contributed by atoms with van der Waals surface area (Å²) in [6.07, 6.45) is -0.263. The van der Waals surface area contributed by atoms with Gasteiger partial charge in [0.2, 0.25) is 0 Å². The predicted octanol–water partition coefficient (Wildman–Crippen LogP) is 1.66. The summed E-state index contributed by atoms with van der Waals surface area (Å²) in [5.74, 6) is -2.12. The van der Waals surface area contributed by atoms with E-state index in [0.717, 1.165) is 0 Å².